The third-order valence-electron chi connectivity index (χ3n) is 2.69. The topological polar surface area (TPSA) is 24.9 Å². The van der Waals surface area contributed by atoms with Crippen LogP contribution in [0.3, 0.4) is 0 Å². The molecule has 0 unspecified atom stereocenters. The lowest BCUT2D eigenvalue weighted by atomic mass is 10.1. The maximum Gasteiger partial charge on any atom is 0.0416 e. The molecule has 0 spiro atoms. The summed E-state index contributed by atoms with van der Waals surface area (Å²) in [6.07, 6.45) is 4.68. The van der Waals surface area contributed by atoms with Gasteiger partial charge in [0, 0.05) is 33.6 Å². The van der Waals surface area contributed by atoms with E-state index in [9.17, 15) is 0 Å². The molecule has 0 amide bonds. The van der Waals surface area contributed by atoms with E-state index in [4.69, 9.17) is 0 Å². The monoisotopic (exact) mass is 368 g/mol. The van der Waals surface area contributed by atoms with Gasteiger partial charge >= 0.3 is 0 Å². The van der Waals surface area contributed by atoms with E-state index in [-0.39, 0.29) is 0 Å². The molecule has 0 radical (unpaired) electrons. The molecule has 2 nitrogen and oxygen atoms in total. The highest BCUT2D eigenvalue weighted by Gasteiger charge is 2.02. The minimum absolute atomic E-state index is 0.779. The summed E-state index contributed by atoms with van der Waals surface area (Å²) < 4.78 is 2.13. The number of hydrogen-bond donors (Lipinski definition) is 1. The molecular formula is C14H14Br2N2. The number of pyridine rings is 1. The molecule has 0 saturated heterocycles. The normalized spacial score (nSPS) is 10.4. The third kappa shape index (κ3) is 3.56. The standard InChI is InChI=1S/C14H14Br2N2/c1-2-11-6-12(15)3-4-14(11)18-8-10-5-13(16)9-17-7-10/h3-7,9,18H,2,8H2,1H3. The molecule has 0 bridgehead atoms. The molecule has 2 aromatic rings. The van der Waals surface area contributed by atoms with E-state index in [1.165, 1.54) is 11.3 Å². The summed E-state index contributed by atoms with van der Waals surface area (Å²) in [5.41, 5.74) is 3.65. The van der Waals surface area contributed by atoms with Gasteiger partial charge in [-0.2, -0.15) is 0 Å². The Balaban J connectivity index is 2.10. The zero-order valence-electron chi connectivity index (χ0n) is 10.1. The summed E-state index contributed by atoms with van der Waals surface area (Å²) in [6.45, 7) is 2.94. The molecular weight excluding hydrogens is 356 g/mol. The molecule has 94 valence electrons. The smallest absolute Gasteiger partial charge is 0.0416 e. The van der Waals surface area contributed by atoms with Crippen molar-refractivity contribution in [1.82, 2.24) is 4.98 Å². The lowest BCUT2D eigenvalue weighted by Gasteiger charge is -2.11. The minimum atomic E-state index is 0.779. The Bertz CT molecular complexity index is 541. The van der Waals surface area contributed by atoms with Gasteiger partial charge in [-0.3, -0.25) is 4.98 Å². The van der Waals surface area contributed by atoms with Gasteiger partial charge in [-0.1, -0.05) is 22.9 Å². The average Bonchev–Trinajstić information content (AvgIpc) is 2.37. The lowest BCUT2D eigenvalue weighted by Crippen LogP contribution is -2.02. The molecule has 1 heterocycles. The number of anilines is 1. The van der Waals surface area contributed by atoms with Crippen LogP contribution >= 0.6 is 31.9 Å². The van der Waals surface area contributed by atoms with Crippen LogP contribution in [0.15, 0.2) is 45.6 Å². The Morgan fingerprint density at radius 3 is 2.67 bits per heavy atom. The first-order valence-corrected chi connectivity index (χ1v) is 7.39. The largest absolute Gasteiger partial charge is 0.381 e. The molecule has 1 aromatic carbocycles. The zero-order chi connectivity index (χ0) is 13.0. The first kappa shape index (κ1) is 13.6. The average molecular weight is 370 g/mol. The van der Waals surface area contributed by atoms with Crippen LogP contribution in [-0.4, -0.2) is 4.98 Å². The Kier molecular flexibility index (Phi) is 4.78. The van der Waals surface area contributed by atoms with Crippen LogP contribution < -0.4 is 5.32 Å². The van der Waals surface area contributed by atoms with Crippen molar-refractivity contribution in [3.63, 3.8) is 0 Å². The van der Waals surface area contributed by atoms with E-state index in [0.29, 0.717) is 0 Å². The second-order valence-electron chi connectivity index (χ2n) is 4.02. The van der Waals surface area contributed by atoms with Crippen LogP contribution in [0, 0.1) is 0 Å². The summed E-state index contributed by atoms with van der Waals surface area (Å²) >= 11 is 6.93. The predicted octanol–water partition coefficient (Wildman–Crippen LogP) is 4.78. The quantitative estimate of drug-likeness (QED) is 0.838. The predicted molar refractivity (Wildman–Crippen MR) is 82.8 cm³/mol. The van der Waals surface area contributed by atoms with Crippen LogP contribution in [0.5, 0.6) is 0 Å². The zero-order valence-corrected chi connectivity index (χ0v) is 13.3. The lowest BCUT2D eigenvalue weighted by molar-refractivity contribution is 1.07. The highest BCUT2D eigenvalue weighted by atomic mass is 79.9. The molecule has 1 N–H and O–H groups in total. The first-order valence-electron chi connectivity index (χ1n) is 5.80. The van der Waals surface area contributed by atoms with Gasteiger partial charge < -0.3 is 5.32 Å². The summed E-state index contributed by atoms with van der Waals surface area (Å²) in [7, 11) is 0. The highest BCUT2D eigenvalue weighted by Crippen LogP contribution is 2.22. The number of aromatic nitrogens is 1. The second-order valence-corrected chi connectivity index (χ2v) is 5.85. The fraction of sp³-hybridized carbons (Fsp3) is 0.214. The fourth-order valence-corrected chi connectivity index (χ4v) is 2.60. The molecule has 4 heteroatoms. The van der Waals surface area contributed by atoms with Gasteiger partial charge in [0.15, 0.2) is 0 Å². The third-order valence-corrected chi connectivity index (χ3v) is 3.62. The molecule has 0 atom stereocenters. The Morgan fingerprint density at radius 1 is 1.11 bits per heavy atom. The minimum Gasteiger partial charge on any atom is -0.381 e. The molecule has 0 aliphatic carbocycles. The van der Waals surface area contributed by atoms with Crippen LogP contribution in [-0.2, 0) is 13.0 Å². The summed E-state index contributed by atoms with van der Waals surface area (Å²) in [5, 5.41) is 3.45. The van der Waals surface area contributed by atoms with E-state index >= 15 is 0 Å². The number of aryl methyl sites for hydroxylation is 1. The van der Waals surface area contributed by atoms with Crippen molar-refractivity contribution < 1.29 is 0 Å². The molecule has 0 aliphatic rings. The molecule has 0 saturated carbocycles. The summed E-state index contributed by atoms with van der Waals surface area (Å²) in [4.78, 5) is 4.16. The molecule has 0 aliphatic heterocycles. The summed E-state index contributed by atoms with van der Waals surface area (Å²) in [6, 6.07) is 8.39. The number of nitrogens with one attached hydrogen (secondary N) is 1. The van der Waals surface area contributed by atoms with Crippen LogP contribution in [0.25, 0.3) is 0 Å². The maximum absolute atomic E-state index is 4.16. The summed E-state index contributed by atoms with van der Waals surface area (Å²) in [5.74, 6) is 0. The Labute approximate surface area is 124 Å². The van der Waals surface area contributed by atoms with E-state index in [2.05, 4.69) is 73.3 Å². The van der Waals surface area contributed by atoms with Crippen molar-refractivity contribution in [3.8, 4) is 0 Å². The number of hydrogen-bond acceptors (Lipinski definition) is 2. The Morgan fingerprint density at radius 2 is 1.94 bits per heavy atom. The van der Waals surface area contributed by atoms with Crippen LogP contribution in [0.1, 0.15) is 18.1 Å². The van der Waals surface area contributed by atoms with Gasteiger partial charge in [0.05, 0.1) is 0 Å². The number of rotatable bonds is 4. The van der Waals surface area contributed by atoms with Gasteiger partial charge in [0.25, 0.3) is 0 Å². The molecule has 18 heavy (non-hydrogen) atoms. The highest BCUT2D eigenvalue weighted by molar-refractivity contribution is 9.10. The van der Waals surface area contributed by atoms with Gasteiger partial charge in [-0.25, -0.2) is 0 Å². The number of benzene rings is 1. The van der Waals surface area contributed by atoms with E-state index in [1.807, 2.05) is 6.20 Å². The molecule has 2 rings (SSSR count). The van der Waals surface area contributed by atoms with Crippen LogP contribution in [0.2, 0.25) is 0 Å². The number of nitrogens with zero attached hydrogens (tertiary/aromatic N) is 1. The van der Waals surface area contributed by atoms with Crippen molar-refractivity contribution in [2.24, 2.45) is 0 Å². The van der Waals surface area contributed by atoms with Gasteiger partial charge in [-0.05, 0) is 57.7 Å². The fourth-order valence-electron chi connectivity index (χ4n) is 1.78. The van der Waals surface area contributed by atoms with Crippen molar-refractivity contribution in [2.45, 2.75) is 19.9 Å². The van der Waals surface area contributed by atoms with E-state index in [1.54, 1.807) is 6.20 Å². The van der Waals surface area contributed by atoms with E-state index < -0.39 is 0 Å². The SMILES string of the molecule is CCc1cc(Br)ccc1NCc1cncc(Br)c1. The van der Waals surface area contributed by atoms with Gasteiger partial charge in [-0.15, -0.1) is 0 Å². The van der Waals surface area contributed by atoms with Crippen molar-refractivity contribution in [2.75, 3.05) is 5.32 Å². The van der Waals surface area contributed by atoms with Gasteiger partial charge in [0.1, 0.15) is 0 Å². The van der Waals surface area contributed by atoms with Crippen molar-refractivity contribution >= 4 is 37.5 Å². The second kappa shape index (κ2) is 6.34. The molecule has 0 fully saturated rings. The van der Waals surface area contributed by atoms with Gasteiger partial charge in [0.2, 0.25) is 0 Å². The van der Waals surface area contributed by atoms with Crippen LogP contribution in [0.4, 0.5) is 5.69 Å². The van der Waals surface area contributed by atoms with Crippen molar-refractivity contribution in [1.29, 1.82) is 0 Å². The first-order chi connectivity index (χ1) is 8.69. The maximum atomic E-state index is 4.16. The number of halogens is 2. The Hall–Kier alpha value is -0.870. The van der Waals surface area contributed by atoms with E-state index in [0.717, 1.165) is 27.5 Å². The molecule has 1 aromatic heterocycles. The van der Waals surface area contributed by atoms with Crippen molar-refractivity contribution in [3.05, 3.63) is 56.7 Å².